The zero-order chi connectivity index (χ0) is 29.4. The van der Waals surface area contributed by atoms with Gasteiger partial charge in [-0.1, -0.05) is 67.9 Å². The summed E-state index contributed by atoms with van der Waals surface area (Å²) in [7, 11) is -4.31. The SMILES string of the molecule is Cc1ccc(CN(C(=O)CN(c2cccc([N+](=O)[O-])c2)S(=O)(=O)c2ccccc2)[C@@H](C)C(=O)NCC(C)C)cc1. The third kappa shape index (κ3) is 7.66. The second-order valence-corrected chi connectivity index (χ2v) is 11.8. The molecule has 0 spiro atoms. The topological polar surface area (TPSA) is 130 Å². The number of non-ortho nitro benzene ring substituents is 1. The maximum atomic E-state index is 13.9. The predicted octanol–water partition coefficient (Wildman–Crippen LogP) is 4.29. The van der Waals surface area contributed by atoms with Gasteiger partial charge in [0.05, 0.1) is 15.5 Å². The fraction of sp³-hybridized carbons (Fsp3) is 0.310. The summed E-state index contributed by atoms with van der Waals surface area (Å²) >= 11 is 0. The summed E-state index contributed by atoms with van der Waals surface area (Å²) in [4.78, 5) is 39.0. The fourth-order valence-electron chi connectivity index (χ4n) is 3.94. The quantitative estimate of drug-likeness (QED) is 0.257. The lowest BCUT2D eigenvalue weighted by Gasteiger charge is -2.32. The summed E-state index contributed by atoms with van der Waals surface area (Å²) in [6.45, 7) is 7.22. The highest BCUT2D eigenvalue weighted by molar-refractivity contribution is 7.92. The van der Waals surface area contributed by atoms with Crippen LogP contribution in [-0.4, -0.2) is 49.2 Å². The van der Waals surface area contributed by atoms with Crippen LogP contribution in [0.15, 0.2) is 83.8 Å². The molecule has 212 valence electrons. The third-order valence-electron chi connectivity index (χ3n) is 6.26. The van der Waals surface area contributed by atoms with Crippen molar-refractivity contribution in [3.05, 3.63) is 100 Å². The van der Waals surface area contributed by atoms with E-state index in [-0.39, 0.29) is 34.6 Å². The molecular weight excluding hydrogens is 532 g/mol. The average molecular weight is 567 g/mol. The number of nitrogens with one attached hydrogen (secondary N) is 1. The maximum absolute atomic E-state index is 13.9. The van der Waals surface area contributed by atoms with E-state index in [0.29, 0.717) is 6.54 Å². The van der Waals surface area contributed by atoms with Crippen LogP contribution in [-0.2, 0) is 26.2 Å². The number of hydrogen-bond acceptors (Lipinski definition) is 6. The molecular formula is C29H34N4O6S. The number of amides is 2. The molecule has 0 unspecified atom stereocenters. The van der Waals surface area contributed by atoms with Gasteiger partial charge in [-0.25, -0.2) is 8.42 Å². The van der Waals surface area contributed by atoms with E-state index in [4.69, 9.17) is 0 Å². The van der Waals surface area contributed by atoms with Gasteiger partial charge in [-0.3, -0.25) is 24.0 Å². The second kappa shape index (κ2) is 13.2. The van der Waals surface area contributed by atoms with Crippen molar-refractivity contribution >= 4 is 33.2 Å². The monoisotopic (exact) mass is 566 g/mol. The molecule has 3 aromatic carbocycles. The smallest absolute Gasteiger partial charge is 0.271 e. The van der Waals surface area contributed by atoms with Crippen molar-refractivity contribution in [2.75, 3.05) is 17.4 Å². The van der Waals surface area contributed by atoms with Crippen LogP contribution in [0.4, 0.5) is 11.4 Å². The minimum Gasteiger partial charge on any atom is -0.354 e. The number of carbonyl (C=O) groups excluding carboxylic acids is 2. The van der Waals surface area contributed by atoms with Crippen LogP contribution in [0, 0.1) is 23.0 Å². The zero-order valence-electron chi connectivity index (χ0n) is 23.0. The minimum atomic E-state index is -4.31. The van der Waals surface area contributed by atoms with Crippen molar-refractivity contribution in [2.45, 2.75) is 45.2 Å². The lowest BCUT2D eigenvalue weighted by atomic mass is 10.1. The van der Waals surface area contributed by atoms with E-state index in [2.05, 4.69) is 5.32 Å². The lowest BCUT2D eigenvalue weighted by molar-refractivity contribution is -0.384. The molecule has 0 saturated carbocycles. The number of nitrogens with zero attached hydrogens (tertiary/aromatic N) is 3. The molecule has 1 atom stereocenters. The molecule has 3 aromatic rings. The van der Waals surface area contributed by atoms with E-state index >= 15 is 0 Å². The molecule has 1 N–H and O–H groups in total. The van der Waals surface area contributed by atoms with Crippen molar-refractivity contribution in [3.63, 3.8) is 0 Å². The first kappa shape index (κ1) is 30.3. The number of nitro groups is 1. The van der Waals surface area contributed by atoms with Crippen LogP contribution >= 0.6 is 0 Å². The summed E-state index contributed by atoms with van der Waals surface area (Å²) in [5, 5.41) is 14.3. The van der Waals surface area contributed by atoms with Crippen molar-refractivity contribution in [3.8, 4) is 0 Å². The summed E-state index contributed by atoms with van der Waals surface area (Å²) in [5.74, 6) is -0.821. The van der Waals surface area contributed by atoms with Crippen LogP contribution in [0.3, 0.4) is 0 Å². The first-order chi connectivity index (χ1) is 18.9. The highest BCUT2D eigenvalue weighted by Gasteiger charge is 2.33. The highest BCUT2D eigenvalue weighted by atomic mass is 32.2. The molecule has 11 heteroatoms. The Hall–Kier alpha value is -4.25. The number of anilines is 1. The van der Waals surface area contributed by atoms with Gasteiger partial charge in [0.2, 0.25) is 11.8 Å². The second-order valence-electron chi connectivity index (χ2n) is 9.92. The summed E-state index contributed by atoms with van der Waals surface area (Å²) in [5.41, 5.74) is 1.42. The first-order valence-electron chi connectivity index (χ1n) is 12.8. The fourth-order valence-corrected chi connectivity index (χ4v) is 5.36. The van der Waals surface area contributed by atoms with Crippen molar-refractivity contribution in [1.29, 1.82) is 0 Å². The van der Waals surface area contributed by atoms with Crippen molar-refractivity contribution in [1.82, 2.24) is 10.2 Å². The molecule has 0 radical (unpaired) electrons. The normalized spacial score (nSPS) is 12.0. The molecule has 3 rings (SSSR count). The third-order valence-corrected chi connectivity index (χ3v) is 8.05. The Morgan fingerprint density at radius 1 is 0.950 bits per heavy atom. The van der Waals surface area contributed by atoms with Gasteiger partial charge in [0.1, 0.15) is 12.6 Å². The van der Waals surface area contributed by atoms with Crippen molar-refractivity contribution in [2.24, 2.45) is 5.92 Å². The Bertz CT molecular complexity index is 1440. The standard InChI is InChI=1S/C29H34N4O6S/c1-21(2)18-30-29(35)23(4)31(19-24-15-13-22(3)14-16-24)28(34)20-32(25-9-8-10-26(17-25)33(36)37)40(38,39)27-11-6-5-7-12-27/h5-17,21,23H,18-20H2,1-4H3,(H,30,35)/t23-/m0/s1. The van der Waals surface area contributed by atoms with E-state index in [0.717, 1.165) is 21.5 Å². The van der Waals surface area contributed by atoms with Crippen LogP contribution in [0.1, 0.15) is 31.9 Å². The Balaban J connectivity index is 2.04. The lowest BCUT2D eigenvalue weighted by Crippen LogP contribution is -2.51. The van der Waals surface area contributed by atoms with Gasteiger partial charge in [-0.05, 0) is 43.5 Å². The number of sulfonamides is 1. The minimum absolute atomic E-state index is 0.0430. The van der Waals surface area contributed by atoms with Gasteiger partial charge in [-0.15, -0.1) is 0 Å². The zero-order valence-corrected chi connectivity index (χ0v) is 23.8. The van der Waals surface area contributed by atoms with E-state index in [1.165, 1.54) is 35.2 Å². The van der Waals surface area contributed by atoms with Crippen LogP contribution in [0.25, 0.3) is 0 Å². The van der Waals surface area contributed by atoms with E-state index < -0.39 is 33.4 Å². The first-order valence-corrected chi connectivity index (χ1v) is 14.3. The van der Waals surface area contributed by atoms with E-state index in [9.17, 15) is 28.1 Å². The van der Waals surface area contributed by atoms with Gasteiger partial charge in [0.25, 0.3) is 15.7 Å². The Kier molecular flexibility index (Phi) is 10.0. The molecule has 0 aliphatic rings. The molecule has 10 nitrogen and oxygen atoms in total. The molecule has 0 aliphatic heterocycles. The molecule has 2 amide bonds. The molecule has 0 saturated heterocycles. The summed E-state index contributed by atoms with van der Waals surface area (Å²) in [6.07, 6.45) is 0. The summed E-state index contributed by atoms with van der Waals surface area (Å²) < 4.78 is 28.4. The van der Waals surface area contributed by atoms with Gasteiger partial charge in [0, 0.05) is 25.2 Å². The largest absolute Gasteiger partial charge is 0.354 e. The number of benzene rings is 3. The Morgan fingerprint density at radius 2 is 1.60 bits per heavy atom. The number of aryl methyl sites for hydroxylation is 1. The number of carbonyl (C=O) groups is 2. The molecule has 40 heavy (non-hydrogen) atoms. The van der Waals surface area contributed by atoms with Crippen LogP contribution in [0.5, 0.6) is 0 Å². The number of hydrogen-bond donors (Lipinski definition) is 1. The number of rotatable bonds is 12. The average Bonchev–Trinajstić information content (AvgIpc) is 2.94. The molecule has 0 heterocycles. The van der Waals surface area contributed by atoms with Gasteiger partial charge in [-0.2, -0.15) is 0 Å². The molecule has 0 aromatic heterocycles. The van der Waals surface area contributed by atoms with Crippen LogP contribution in [0.2, 0.25) is 0 Å². The van der Waals surface area contributed by atoms with Gasteiger partial charge >= 0.3 is 0 Å². The van der Waals surface area contributed by atoms with E-state index in [1.54, 1.807) is 25.1 Å². The molecule has 0 fully saturated rings. The maximum Gasteiger partial charge on any atom is 0.271 e. The number of nitro benzene ring substituents is 1. The van der Waals surface area contributed by atoms with E-state index in [1.807, 2.05) is 45.0 Å². The van der Waals surface area contributed by atoms with Gasteiger partial charge < -0.3 is 10.2 Å². The Morgan fingerprint density at radius 3 is 2.20 bits per heavy atom. The molecule has 0 aliphatic carbocycles. The van der Waals surface area contributed by atoms with Crippen molar-refractivity contribution < 1.29 is 22.9 Å². The Labute approximate surface area is 234 Å². The highest BCUT2D eigenvalue weighted by Crippen LogP contribution is 2.27. The summed E-state index contributed by atoms with van der Waals surface area (Å²) in [6, 6.07) is 19.2. The van der Waals surface area contributed by atoms with Crippen LogP contribution < -0.4 is 9.62 Å². The van der Waals surface area contributed by atoms with Gasteiger partial charge in [0.15, 0.2) is 0 Å². The predicted molar refractivity (Wildman–Crippen MR) is 153 cm³/mol. The molecule has 0 bridgehead atoms.